The van der Waals surface area contributed by atoms with Gasteiger partial charge < -0.3 is 20.5 Å². The summed E-state index contributed by atoms with van der Waals surface area (Å²) in [4.78, 5) is 26.6. The van der Waals surface area contributed by atoms with E-state index in [4.69, 9.17) is 4.74 Å². The van der Waals surface area contributed by atoms with Gasteiger partial charge in [0, 0.05) is 11.3 Å². The van der Waals surface area contributed by atoms with Crippen molar-refractivity contribution in [3.63, 3.8) is 0 Å². The van der Waals surface area contributed by atoms with Gasteiger partial charge in [0.25, 0.3) is 11.8 Å². The predicted octanol–water partition coefficient (Wildman–Crippen LogP) is 6.24. The van der Waals surface area contributed by atoms with Crippen LogP contribution in [0.2, 0.25) is 0 Å². The lowest BCUT2D eigenvalue weighted by Gasteiger charge is -2.15. The third-order valence-electron chi connectivity index (χ3n) is 5.78. The van der Waals surface area contributed by atoms with E-state index in [0.717, 1.165) is 6.07 Å². The number of nitrogens with one attached hydrogen (secondary N) is 2. The molecule has 0 aliphatic rings. The summed E-state index contributed by atoms with van der Waals surface area (Å²) in [5.41, 5.74) is -1.26. The van der Waals surface area contributed by atoms with Crippen molar-refractivity contribution in [1.82, 2.24) is 0 Å². The second-order valence-electron chi connectivity index (χ2n) is 8.71. The normalized spacial score (nSPS) is 11.8. The summed E-state index contributed by atoms with van der Waals surface area (Å²) in [6, 6.07) is 16.7. The first-order chi connectivity index (χ1) is 19.0. The molecule has 1 atom stereocenters. The number of alkyl halides is 3. The number of carbonyl (C=O) groups excluding carboxylic acids is 2. The number of methoxy groups -OCH3 is 1. The zero-order chi connectivity index (χ0) is 29.0. The molecule has 0 saturated carbocycles. The lowest BCUT2D eigenvalue weighted by molar-refractivity contribution is -0.139. The van der Waals surface area contributed by atoms with Gasteiger partial charge >= 0.3 is 6.18 Å². The molecule has 0 fully saturated rings. The van der Waals surface area contributed by atoms with Gasteiger partial charge in [-0.2, -0.15) is 13.2 Å². The van der Waals surface area contributed by atoms with Gasteiger partial charge in [0.05, 0.1) is 29.5 Å². The van der Waals surface area contributed by atoms with E-state index in [1.165, 1.54) is 32.2 Å². The number of aliphatic hydroxyl groups is 1. The average Bonchev–Trinajstić information content (AvgIpc) is 2.91. The third-order valence-corrected chi connectivity index (χ3v) is 5.78. The molecular formula is C30H22F4N2O4. The molecule has 0 aliphatic heterocycles. The fourth-order valence-corrected chi connectivity index (χ4v) is 3.89. The van der Waals surface area contributed by atoms with E-state index in [0.29, 0.717) is 28.5 Å². The highest BCUT2D eigenvalue weighted by Gasteiger charge is 2.34. The van der Waals surface area contributed by atoms with Crippen LogP contribution in [-0.4, -0.2) is 30.1 Å². The second kappa shape index (κ2) is 11.5. The quantitative estimate of drug-likeness (QED) is 0.203. The van der Waals surface area contributed by atoms with Crippen LogP contribution in [0.1, 0.15) is 38.8 Å². The van der Waals surface area contributed by atoms with Crippen LogP contribution in [0.5, 0.6) is 5.75 Å². The summed E-state index contributed by atoms with van der Waals surface area (Å²) < 4.78 is 58.6. The SMILES string of the molecule is COc1ccc(C#C[C@H](C)O)cc1C(=O)Nc1cc2ccccc2cc1C(=O)Nc1ccc(F)c(C(F)(F)F)c1. The highest BCUT2D eigenvalue weighted by molar-refractivity contribution is 6.15. The zero-order valence-electron chi connectivity index (χ0n) is 21.2. The molecule has 2 amide bonds. The molecule has 4 rings (SSSR count). The molecular weight excluding hydrogens is 528 g/mol. The largest absolute Gasteiger partial charge is 0.496 e. The van der Waals surface area contributed by atoms with Crippen molar-refractivity contribution in [1.29, 1.82) is 0 Å². The van der Waals surface area contributed by atoms with Crippen LogP contribution >= 0.6 is 0 Å². The van der Waals surface area contributed by atoms with Gasteiger partial charge in [-0.3, -0.25) is 9.59 Å². The number of hydrogen-bond acceptors (Lipinski definition) is 4. The molecule has 0 unspecified atom stereocenters. The van der Waals surface area contributed by atoms with E-state index < -0.39 is 35.5 Å². The minimum absolute atomic E-state index is 0.0473. The van der Waals surface area contributed by atoms with Gasteiger partial charge in [-0.25, -0.2) is 4.39 Å². The highest BCUT2D eigenvalue weighted by atomic mass is 19.4. The van der Waals surface area contributed by atoms with Crippen LogP contribution in [0, 0.1) is 17.7 Å². The number of halogens is 4. The van der Waals surface area contributed by atoms with Crippen molar-refractivity contribution >= 4 is 34.0 Å². The fourth-order valence-electron chi connectivity index (χ4n) is 3.89. The Bertz CT molecular complexity index is 1670. The van der Waals surface area contributed by atoms with E-state index in [2.05, 4.69) is 22.5 Å². The Morgan fingerprint density at radius 1 is 0.900 bits per heavy atom. The number of aliphatic hydroxyl groups excluding tert-OH is 1. The van der Waals surface area contributed by atoms with Gasteiger partial charge in [-0.05, 0) is 66.2 Å². The Balaban J connectivity index is 1.73. The Kier molecular flexibility index (Phi) is 8.07. The minimum atomic E-state index is -4.96. The van der Waals surface area contributed by atoms with Gasteiger partial charge in [-0.15, -0.1) is 0 Å². The maximum Gasteiger partial charge on any atom is 0.419 e. The number of carbonyl (C=O) groups is 2. The smallest absolute Gasteiger partial charge is 0.419 e. The molecule has 0 radical (unpaired) electrons. The van der Waals surface area contributed by atoms with Crippen LogP contribution in [0.3, 0.4) is 0 Å². The summed E-state index contributed by atoms with van der Waals surface area (Å²) in [7, 11) is 1.38. The lowest BCUT2D eigenvalue weighted by Crippen LogP contribution is -2.19. The zero-order valence-corrected chi connectivity index (χ0v) is 21.2. The molecule has 6 nitrogen and oxygen atoms in total. The van der Waals surface area contributed by atoms with Gasteiger partial charge in [0.2, 0.25) is 0 Å². The number of hydrogen-bond donors (Lipinski definition) is 3. The highest BCUT2D eigenvalue weighted by Crippen LogP contribution is 2.33. The second-order valence-corrected chi connectivity index (χ2v) is 8.71. The summed E-state index contributed by atoms with van der Waals surface area (Å²) >= 11 is 0. The van der Waals surface area contributed by atoms with Crippen LogP contribution in [0.25, 0.3) is 10.8 Å². The summed E-state index contributed by atoms with van der Waals surface area (Å²) in [5.74, 6) is 2.60. The van der Waals surface area contributed by atoms with E-state index in [9.17, 15) is 32.3 Å². The first kappa shape index (κ1) is 28.1. The summed E-state index contributed by atoms with van der Waals surface area (Å²) in [5, 5.41) is 15.8. The minimum Gasteiger partial charge on any atom is -0.496 e. The van der Waals surface area contributed by atoms with Crippen molar-refractivity contribution in [2.45, 2.75) is 19.2 Å². The van der Waals surface area contributed by atoms with Crippen LogP contribution in [-0.2, 0) is 6.18 Å². The average molecular weight is 551 g/mol. The summed E-state index contributed by atoms with van der Waals surface area (Å²) in [6.45, 7) is 1.49. The predicted molar refractivity (Wildman–Crippen MR) is 143 cm³/mol. The Hall–Kier alpha value is -4.88. The summed E-state index contributed by atoms with van der Waals surface area (Å²) in [6.07, 6.45) is -5.84. The molecule has 204 valence electrons. The maximum atomic E-state index is 13.7. The Labute approximate surface area is 226 Å². The number of anilines is 2. The Morgan fingerprint density at radius 3 is 2.23 bits per heavy atom. The fraction of sp³-hybridized carbons (Fsp3) is 0.133. The Morgan fingerprint density at radius 2 is 1.57 bits per heavy atom. The molecule has 3 N–H and O–H groups in total. The van der Waals surface area contributed by atoms with Crippen LogP contribution in [0.15, 0.2) is 72.8 Å². The van der Waals surface area contributed by atoms with Crippen molar-refractivity contribution in [3.8, 4) is 17.6 Å². The number of rotatable bonds is 5. The van der Waals surface area contributed by atoms with E-state index in [1.54, 1.807) is 36.4 Å². The molecule has 4 aromatic carbocycles. The molecule has 4 aromatic rings. The van der Waals surface area contributed by atoms with Crippen molar-refractivity contribution in [2.24, 2.45) is 0 Å². The lowest BCUT2D eigenvalue weighted by atomic mass is 10.0. The van der Waals surface area contributed by atoms with Crippen molar-refractivity contribution in [2.75, 3.05) is 17.7 Å². The number of ether oxygens (including phenoxy) is 1. The van der Waals surface area contributed by atoms with Crippen LogP contribution in [0.4, 0.5) is 28.9 Å². The van der Waals surface area contributed by atoms with Gasteiger partial charge in [-0.1, -0.05) is 36.1 Å². The van der Waals surface area contributed by atoms with Crippen LogP contribution < -0.4 is 15.4 Å². The van der Waals surface area contributed by atoms with E-state index in [1.807, 2.05) is 0 Å². The monoisotopic (exact) mass is 550 g/mol. The first-order valence-electron chi connectivity index (χ1n) is 11.9. The topological polar surface area (TPSA) is 87.7 Å². The van der Waals surface area contributed by atoms with Crippen molar-refractivity contribution < 1.29 is 37.0 Å². The molecule has 0 heterocycles. The first-order valence-corrected chi connectivity index (χ1v) is 11.9. The maximum absolute atomic E-state index is 13.7. The number of benzene rings is 4. The molecule has 0 aromatic heterocycles. The molecule has 40 heavy (non-hydrogen) atoms. The standard InChI is InChI=1S/C30H22F4N2O4/c1-17(37)7-8-18-9-12-27(40-2)23(13-18)29(39)36-26-15-20-6-4-3-5-19(20)14-22(26)28(38)35-21-10-11-25(31)24(16-21)30(32,33)34/h3-6,9-17,37H,1-2H3,(H,35,38)(H,36,39)/t17-/m0/s1. The van der Waals surface area contributed by atoms with E-state index >= 15 is 0 Å². The molecule has 0 bridgehead atoms. The molecule has 0 saturated heterocycles. The molecule has 10 heteroatoms. The number of fused-ring (bicyclic) bond motifs is 1. The number of amides is 2. The van der Waals surface area contributed by atoms with Crippen molar-refractivity contribution in [3.05, 3.63) is 101 Å². The third kappa shape index (κ3) is 6.39. The van der Waals surface area contributed by atoms with Gasteiger partial charge in [0.15, 0.2) is 0 Å². The van der Waals surface area contributed by atoms with E-state index in [-0.39, 0.29) is 28.3 Å². The van der Waals surface area contributed by atoms with Gasteiger partial charge in [0.1, 0.15) is 17.7 Å². The molecule has 0 spiro atoms. The molecule has 0 aliphatic carbocycles.